The van der Waals surface area contributed by atoms with Crippen LogP contribution in [-0.2, 0) is 6.54 Å². The van der Waals surface area contributed by atoms with Gasteiger partial charge >= 0.3 is 0 Å². The number of hydrogen-bond donors (Lipinski definition) is 3. The summed E-state index contributed by atoms with van der Waals surface area (Å²) in [4.78, 5) is 4.04. The van der Waals surface area contributed by atoms with Crippen molar-refractivity contribution in [2.75, 3.05) is 20.3 Å². The molecule has 1 heterocycles. The molecule has 0 aliphatic heterocycles. The Morgan fingerprint density at radius 2 is 2.13 bits per heavy atom. The van der Waals surface area contributed by atoms with Gasteiger partial charge in [0.05, 0.1) is 26.4 Å². The van der Waals surface area contributed by atoms with E-state index in [0.29, 0.717) is 12.4 Å². The molecule has 0 saturated heterocycles. The third-order valence-electron chi connectivity index (χ3n) is 2.04. The summed E-state index contributed by atoms with van der Waals surface area (Å²) in [5.74, 6) is 0.569. The third kappa shape index (κ3) is 3.83. The van der Waals surface area contributed by atoms with Crippen molar-refractivity contribution in [2.24, 2.45) is 0 Å². The second-order valence-electron chi connectivity index (χ2n) is 3.15. The number of nitrogens with one attached hydrogen (secondary N) is 1. The maximum Gasteiger partial charge on any atom is 0.212 e. The molecule has 0 aliphatic carbocycles. The van der Waals surface area contributed by atoms with E-state index in [1.165, 1.54) is 0 Å². The van der Waals surface area contributed by atoms with E-state index in [2.05, 4.69) is 10.3 Å². The predicted molar refractivity (Wildman–Crippen MR) is 55.6 cm³/mol. The lowest BCUT2D eigenvalue weighted by molar-refractivity contribution is 0.170. The highest BCUT2D eigenvalue weighted by molar-refractivity contribution is 5.17. The van der Waals surface area contributed by atoms with Gasteiger partial charge in [0.15, 0.2) is 0 Å². The van der Waals surface area contributed by atoms with Gasteiger partial charge in [-0.2, -0.15) is 0 Å². The zero-order valence-electron chi connectivity index (χ0n) is 8.68. The number of ether oxygens (including phenoxy) is 1. The number of nitrogens with zero attached hydrogens (tertiary/aromatic N) is 1. The summed E-state index contributed by atoms with van der Waals surface area (Å²) < 4.78 is 4.93. The minimum atomic E-state index is -0.285. The van der Waals surface area contributed by atoms with E-state index in [9.17, 15) is 0 Å². The lowest BCUT2D eigenvalue weighted by atomic mass is 10.2. The highest BCUT2D eigenvalue weighted by Gasteiger charge is 2.04. The first-order valence-corrected chi connectivity index (χ1v) is 4.74. The van der Waals surface area contributed by atoms with E-state index in [0.717, 1.165) is 5.56 Å². The summed E-state index contributed by atoms with van der Waals surface area (Å²) in [5, 5.41) is 20.6. The van der Waals surface area contributed by atoms with Gasteiger partial charge in [-0.05, 0) is 5.56 Å². The number of hydrogen-bond acceptors (Lipinski definition) is 5. The molecule has 5 nitrogen and oxygen atoms in total. The molecule has 0 fully saturated rings. The van der Waals surface area contributed by atoms with Gasteiger partial charge in [0.2, 0.25) is 5.88 Å². The summed E-state index contributed by atoms with van der Waals surface area (Å²) >= 11 is 0. The van der Waals surface area contributed by atoms with Crippen molar-refractivity contribution in [3.63, 3.8) is 0 Å². The van der Waals surface area contributed by atoms with Gasteiger partial charge in [-0.3, -0.25) is 0 Å². The van der Waals surface area contributed by atoms with Crippen LogP contribution >= 0.6 is 0 Å². The fraction of sp³-hybridized carbons (Fsp3) is 0.500. The van der Waals surface area contributed by atoms with Crippen LogP contribution in [0.4, 0.5) is 0 Å². The zero-order chi connectivity index (χ0) is 11.1. The van der Waals surface area contributed by atoms with E-state index in [4.69, 9.17) is 14.9 Å². The molecule has 0 amide bonds. The Bertz CT molecular complexity index is 273. The lowest BCUT2D eigenvalue weighted by Crippen LogP contribution is -2.35. The lowest BCUT2D eigenvalue weighted by Gasteiger charge is -2.12. The number of aromatic nitrogens is 1. The van der Waals surface area contributed by atoms with E-state index in [1.54, 1.807) is 19.4 Å². The van der Waals surface area contributed by atoms with Crippen LogP contribution in [0.3, 0.4) is 0 Å². The van der Waals surface area contributed by atoms with Gasteiger partial charge in [-0.25, -0.2) is 4.98 Å². The summed E-state index contributed by atoms with van der Waals surface area (Å²) in [6.07, 6.45) is 1.69. The molecule has 0 aromatic carbocycles. The Labute approximate surface area is 88.7 Å². The molecule has 0 bridgehead atoms. The normalized spacial score (nSPS) is 10.7. The van der Waals surface area contributed by atoms with Crippen LogP contribution < -0.4 is 10.1 Å². The number of rotatable bonds is 6. The molecule has 0 atom stereocenters. The molecule has 15 heavy (non-hydrogen) atoms. The topological polar surface area (TPSA) is 74.6 Å². The highest BCUT2D eigenvalue weighted by atomic mass is 16.5. The van der Waals surface area contributed by atoms with Crippen molar-refractivity contribution in [3.05, 3.63) is 23.9 Å². The molecule has 1 rings (SSSR count). The number of methoxy groups -OCH3 is 1. The van der Waals surface area contributed by atoms with Crippen molar-refractivity contribution in [3.8, 4) is 5.88 Å². The molecule has 0 aliphatic rings. The standard InChI is InChI=1S/C10H16N2O3/c1-15-10-3-2-8(5-12-10)4-11-9(6-13)7-14/h2-3,5,9,11,13-14H,4,6-7H2,1H3. The quantitative estimate of drug-likeness (QED) is 0.594. The van der Waals surface area contributed by atoms with Crippen molar-refractivity contribution >= 4 is 0 Å². The first-order chi connectivity index (χ1) is 7.30. The Balaban J connectivity index is 2.43. The minimum absolute atomic E-state index is 0.0833. The Morgan fingerprint density at radius 3 is 2.60 bits per heavy atom. The number of pyridine rings is 1. The van der Waals surface area contributed by atoms with Crippen LogP contribution in [0.25, 0.3) is 0 Å². The molecule has 1 aromatic rings. The van der Waals surface area contributed by atoms with Gasteiger partial charge in [-0.1, -0.05) is 6.07 Å². The Kier molecular flexibility index (Phi) is 5.03. The first-order valence-electron chi connectivity index (χ1n) is 4.74. The van der Waals surface area contributed by atoms with E-state index < -0.39 is 0 Å². The van der Waals surface area contributed by atoms with Crippen LogP contribution in [0.15, 0.2) is 18.3 Å². The van der Waals surface area contributed by atoms with E-state index in [-0.39, 0.29) is 19.3 Å². The smallest absolute Gasteiger partial charge is 0.212 e. The molecular weight excluding hydrogens is 196 g/mol. The summed E-state index contributed by atoms with van der Waals surface area (Å²) in [7, 11) is 1.56. The molecule has 84 valence electrons. The first kappa shape index (κ1) is 11.9. The van der Waals surface area contributed by atoms with E-state index >= 15 is 0 Å². The molecule has 0 unspecified atom stereocenters. The fourth-order valence-corrected chi connectivity index (χ4v) is 1.09. The van der Waals surface area contributed by atoms with Crippen LogP contribution in [0, 0.1) is 0 Å². The second kappa shape index (κ2) is 6.34. The molecular formula is C10H16N2O3. The van der Waals surface area contributed by atoms with Crippen LogP contribution in [-0.4, -0.2) is 41.6 Å². The zero-order valence-corrected chi connectivity index (χ0v) is 8.68. The van der Waals surface area contributed by atoms with Crippen LogP contribution in [0.2, 0.25) is 0 Å². The summed E-state index contributed by atoms with van der Waals surface area (Å²) in [6, 6.07) is 3.36. The maximum atomic E-state index is 8.83. The van der Waals surface area contributed by atoms with Crippen molar-refractivity contribution < 1.29 is 14.9 Å². The largest absolute Gasteiger partial charge is 0.481 e. The molecule has 0 saturated carbocycles. The van der Waals surface area contributed by atoms with Gasteiger partial charge in [0.1, 0.15) is 0 Å². The molecule has 1 aromatic heterocycles. The second-order valence-corrected chi connectivity index (χ2v) is 3.15. The molecule has 5 heteroatoms. The Morgan fingerprint density at radius 1 is 1.40 bits per heavy atom. The summed E-state index contributed by atoms with van der Waals surface area (Å²) in [6.45, 7) is 0.392. The van der Waals surface area contributed by atoms with Crippen LogP contribution in [0.5, 0.6) is 5.88 Å². The van der Waals surface area contributed by atoms with Gasteiger partial charge < -0.3 is 20.3 Å². The third-order valence-corrected chi connectivity index (χ3v) is 2.04. The molecule has 0 spiro atoms. The minimum Gasteiger partial charge on any atom is -0.481 e. The highest BCUT2D eigenvalue weighted by Crippen LogP contribution is 2.06. The number of aliphatic hydroxyl groups is 2. The molecule has 3 N–H and O–H groups in total. The van der Waals surface area contributed by atoms with Crippen molar-refractivity contribution in [1.82, 2.24) is 10.3 Å². The SMILES string of the molecule is COc1ccc(CNC(CO)CO)cn1. The average molecular weight is 212 g/mol. The van der Waals surface area contributed by atoms with E-state index in [1.807, 2.05) is 6.07 Å². The molecule has 0 radical (unpaired) electrons. The van der Waals surface area contributed by atoms with Gasteiger partial charge in [-0.15, -0.1) is 0 Å². The average Bonchev–Trinajstić information content (AvgIpc) is 2.31. The predicted octanol–water partition coefficient (Wildman–Crippen LogP) is -0.467. The Hall–Kier alpha value is -1.17. The fourth-order valence-electron chi connectivity index (χ4n) is 1.09. The van der Waals surface area contributed by atoms with Crippen LogP contribution in [0.1, 0.15) is 5.56 Å². The van der Waals surface area contributed by atoms with Gasteiger partial charge in [0.25, 0.3) is 0 Å². The summed E-state index contributed by atoms with van der Waals surface area (Å²) in [5.41, 5.74) is 0.975. The monoisotopic (exact) mass is 212 g/mol. The van der Waals surface area contributed by atoms with Crippen molar-refractivity contribution in [2.45, 2.75) is 12.6 Å². The number of aliphatic hydroxyl groups excluding tert-OH is 2. The van der Waals surface area contributed by atoms with Crippen molar-refractivity contribution in [1.29, 1.82) is 0 Å². The van der Waals surface area contributed by atoms with Gasteiger partial charge in [0, 0.05) is 18.8 Å². The maximum absolute atomic E-state index is 8.83.